The molecule has 0 aliphatic heterocycles. The summed E-state index contributed by atoms with van der Waals surface area (Å²) in [6.07, 6.45) is -0.281. The molecule has 0 aromatic heterocycles. The van der Waals surface area contributed by atoms with Crippen LogP contribution in [-0.2, 0) is 0 Å². The van der Waals surface area contributed by atoms with Gasteiger partial charge in [-0.05, 0) is 0 Å². The molecule has 0 saturated heterocycles. The van der Waals surface area contributed by atoms with E-state index in [1.54, 1.807) is 0 Å². The number of hydrogen-bond acceptors (Lipinski definition) is 4. The fourth-order valence-electron chi connectivity index (χ4n) is 0.478. The van der Waals surface area contributed by atoms with E-state index in [9.17, 15) is 0 Å². The lowest BCUT2D eigenvalue weighted by atomic mass is 10.3. The zero-order valence-electron chi connectivity index (χ0n) is 5.75. The Kier molecular flexibility index (Phi) is 6.08. The van der Waals surface area contributed by atoms with Crippen molar-refractivity contribution in [1.29, 1.82) is 5.26 Å². The standard InChI is InChI=1S/C6H12N2O2/c7-2-1-3-8-4-6(10)5-9/h6,8-10H,1,3-5H2. The van der Waals surface area contributed by atoms with Gasteiger partial charge in [0.1, 0.15) is 0 Å². The molecule has 0 radical (unpaired) electrons. The van der Waals surface area contributed by atoms with E-state index in [4.69, 9.17) is 15.5 Å². The topological polar surface area (TPSA) is 76.3 Å². The molecular weight excluding hydrogens is 132 g/mol. The highest BCUT2D eigenvalue weighted by Crippen LogP contribution is 1.77. The molecule has 1 unspecified atom stereocenters. The minimum atomic E-state index is -0.710. The molecule has 4 heteroatoms. The van der Waals surface area contributed by atoms with Crippen LogP contribution in [0.15, 0.2) is 0 Å². The van der Waals surface area contributed by atoms with Gasteiger partial charge in [-0.2, -0.15) is 5.26 Å². The third-order valence-electron chi connectivity index (χ3n) is 1.00. The number of nitriles is 1. The van der Waals surface area contributed by atoms with E-state index in [1.807, 2.05) is 6.07 Å². The number of nitrogens with one attached hydrogen (secondary N) is 1. The first-order valence-corrected chi connectivity index (χ1v) is 3.18. The Hall–Kier alpha value is -0.630. The van der Waals surface area contributed by atoms with Crippen molar-refractivity contribution in [2.24, 2.45) is 0 Å². The van der Waals surface area contributed by atoms with Crippen LogP contribution in [0.5, 0.6) is 0 Å². The molecule has 0 aromatic carbocycles. The second-order valence-corrected chi connectivity index (χ2v) is 1.95. The quantitative estimate of drug-likeness (QED) is 0.425. The number of rotatable bonds is 5. The zero-order valence-corrected chi connectivity index (χ0v) is 5.75. The molecule has 0 amide bonds. The summed E-state index contributed by atoms with van der Waals surface area (Å²) in [7, 11) is 0. The molecule has 10 heavy (non-hydrogen) atoms. The summed E-state index contributed by atoms with van der Waals surface area (Å²) in [5, 5.41) is 28.0. The first-order valence-electron chi connectivity index (χ1n) is 3.18. The Morgan fingerprint density at radius 2 is 2.30 bits per heavy atom. The van der Waals surface area contributed by atoms with Gasteiger partial charge in [0.25, 0.3) is 0 Å². The Morgan fingerprint density at radius 1 is 1.60 bits per heavy atom. The first kappa shape index (κ1) is 9.37. The Labute approximate surface area is 60.1 Å². The van der Waals surface area contributed by atoms with Gasteiger partial charge in [0, 0.05) is 19.5 Å². The van der Waals surface area contributed by atoms with Gasteiger partial charge in [-0.25, -0.2) is 0 Å². The lowest BCUT2D eigenvalue weighted by Crippen LogP contribution is -2.29. The van der Waals surface area contributed by atoms with E-state index < -0.39 is 6.10 Å². The molecule has 0 aliphatic carbocycles. The molecule has 0 fully saturated rings. The van der Waals surface area contributed by atoms with E-state index in [2.05, 4.69) is 5.32 Å². The average molecular weight is 144 g/mol. The Balaban J connectivity index is 2.98. The summed E-state index contributed by atoms with van der Waals surface area (Å²) in [4.78, 5) is 0. The van der Waals surface area contributed by atoms with E-state index in [1.165, 1.54) is 0 Å². The maximum absolute atomic E-state index is 8.76. The highest BCUT2D eigenvalue weighted by atomic mass is 16.3. The summed E-state index contributed by atoms with van der Waals surface area (Å²) in [5.74, 6) is 0. The largest absolute Gasteiger partial charge is 0.394 e. The lowest BCUT2D eigenvalue weighted by Gasteiger charge is -2.06. The van der Waals surface area contributed by atoms with Crippen molar-refractivity contribution in [3.05, 3.63) is 0 Å². The summed E-state index contributed by atoms with van der Waals surface area (Å²) in [6, 6.07) is 1.95. The molecule has 0 spiro atoms. The van der Waals surface area contributed by atoms with Crippen molar-refractivity contribution in [2.75, 3.05) is 19.7 Å². The van der Waals surface area contributed by atoms with Gasteiger partial charge in [-0.1, -0.05) is 0 Å². The predicted octanol–water partition coefficient (Wildman–Crippen LogP) is -1.16. The van der Waals surface area contributed by atoms with Crippen molar-refractivity contribution in [3.8, 4) is 6.07 Å². The molecule has 0 heterocycles. The van der Waals surface area contributed by atoms with Gasteiger partial charge in [0.05, 0.1) is 18.8 Å². The number of aliphatic hydroxyl groups excluding tert-OH is 2. The number of nitrogens with zero attached hydrogens (tertiary/aromatic N) is 1. The van der Waals surface area contributed by atoms with E-state index in [-0.39, 0.29) is 6.61 Å². The minimum Gasteiger partial charge on any atom is -0.394 e. The smallest absolute Gasteiger partial charge is 0.0894 e. The van der Waals surface area contributed by atoms with Gasteiger partial charge in [-0.15, -0.1) is 0 Å². The van der Waals surface area contributed by atoms with Crippen LogP contribution in [-0.4, -0.2) is 36.0 Å². The van der Waals surface area contributed by atoms with Gasteiger partial charge in [0.15, 0.2) is 0 Å². The van der Waals surface area contributed by atoms with Gasteiger partial charge < -0.3 is 15.5 Å². The Morgan fingerprint density at radius 3 is 2.80 bits per heavy atom. The summed E-state index contributed by atoms with van der Waals surface area (Å²) in [5.41, 5.74) is 0. The van der Waals surface area contributed by atoms with Crippen LogP contribution in [0.1, 0.15) is 6.42 Å². The van der Waals surface area contributed by atoms with Crippen molar-refractivity contribution in [1.82, 2.24) is 5.32 Å². The van der Waals surface area contributed by atoms with Crippen molar-refractivity contribution in [2.45, 2.75) is 12.5 Å². The summed E-state index contributed by atoms with van der Waals surface area (Å²) < 4.78 is 0. The van der Waals surface area contributed by atoms with E-state index >= 15 is 0 Å². The van der Waals surface area contributed by atoms with E-state index in [0.29, 0.717) is 19.5 Å². The molecule has 0 aromatic rings. The molecule has 0 rings (SSSR count). The average Bonchev–Trinajstić information content (AvgIpc) is 1.98. The molecule has 58 valence electrons. The van der Waals surface area contributed by atoms with Crippen LogP contribution in [0.25, 0.3) is 0 Å². The van der Waals surface area contributed by atoms with Crippen LogP contribution in [0.4, 0.5) is 0 Å². The highest BCUT2D eigenvalue weighted by Gasteiger charge is 1.98. The number of aliphatic hydroxyl groups is 2. The van der Waals surface area contributed by atoms with E-state index in [0.717, 1.165) is 0 Å². The van der Waals surface area contributed by atoms with Crippen molar-refractivity contribution >= 4 is 0 Å². The normalized spacial score (nSPS) is 12.5. The molecule has 1 atom stereocenters. The highest BCUT2D eigenvalue weighted by molar-refractivity contribution is 4.70. The maximum atomic E-state index is 8.76. The summed E-state index contributed by atoms with van der Waals surface area (Å²) in [6.45, 7) is 0.672. The lowest BCUT2D eigenvalue weighted by molar-refractivity contribution is 0.0948. The predicted molar refractivity (Wildman–Crippen MR) is 36.2 cm³/mol. The zero-order chi connectivity index (χ0) is 7.82. The van der Waals surface area contributed by atoms with Crippen LogP contribution in [0.2, 0.25) is 0 Å². The molecule has 3 N–H and O–H groups in total. The van der Waals surface area contributed by atoms with Gasteiger partial charge in [0.2, 0.25) is 0 Å². The van der Waals surface area contributed by atoms with Crippen LogP contribution in [0.3, 0.4) is 0 Å². The van der Waals surface area contributed by atoms with Gasteiger partial charge in [-0.3, -0.25) is 0 Å². The fraction of sp³-hybridized carbons (Fsp3) is 0.833. The molecule has 0 aliphatic rings. The molecular formula is C6H12N2O2. The molecule has 0 saturated carbocycles. The molecule has 0 bridgehead atoms. The SMILES string of the molecule is N#CCCNCC(O)CO. The Bertz CT molecular complexity index is 111. The van der Waals surface area contributed by atoms with Crippen molar-refractivity contribution in [3.63, 3.8) is 0 Å². The third-order valence-corrected chi connectivity index (χ3v) is 1.00. The van der Waals surface area contributed by atoms with Crippen LogP contribution in [0, 0.1) is 11.3 Å². The summed E-state index contributed by atoms with van der Waals surface area (Å²) >= 11 is 0. The van der Waals surface area contributed by atoms with Crippen molar-refractivity contribution < 1.29 is 10.2 Å². The number of hydrogen-bond donors (Lipinski definition) is 3. The van der Waals surface area contributed by atoms with Crippen LogP contribution < -0.4 is 5.32 Å². The monoisotopic (exact) mass is 144 g/mol. The maximum Gasteiger partial charge on any atom is 0.0894 e. The van der Waals surface area contributed by atoms with Gasteiger partial charge >= 0.3 is 0 Å². The first-order chi connectivity index (χ1) is 4.81. The molecule has 4 nitrogen and oxygen atoms in total. The second kappa shape index (κ2) is 6.49. The third kappa shape index (κ3) is 5.51. The second-order valence-electron chi connectivity index (χ2n) is 1.95. The van der Waals surface area contributed by atoms with Crippen LogP contribution >= 0.6 is 0 Å². The fourth-order valence-corrected chi connectivity index (χ4v) is 0.478. The minimum absolute atomic E-state index is 0.237.